The van der Waals surface area contributed by atoms with Gasteiger partial charge in [-0.05, 0) is 41.1 Å². The summed E-state index contributed by atoms with van der Waals surface area (Å²) >= 11 is 0.829. The molecule has 0 aliphatic carbocycles. The molecular formula is C25H22N2O5S. The van der Waals surface area contributed by atoms with E-state index >= 15 is 0 Å². The second kappa shape index (κ2) is 9.87. The molecule has 0 saturated carbocycles. The Morgan fingerprint density at radius 2 is 1.82 bits per heavy atom. The van der Waals surface area contributed by atoms with Crippen molar-refractivity contribution >= 4 is 45.4 Å². The monoisotopic (exact) mass is 462 g/mol. The molecule has 3 aromatic carbocycles. The lowest BCUT2D eigenvalue weighted by Gasteiger charge is -2.13. The highest BCUT2D eigenvalue weighted by molar-refractivity contribution is 8.18. The van der Waals surface area contributed by atoms with Crippen molar-refractivity contribution in [2.75, 3.05) is 6.61 Å². The van der Waals surface area contributed by atoms with Crippen molar-refractivity contribution in [2.45, 2.75) is 26.3 Å². The molecule has 0 bridgehead atoms. The largest absolute Gasteiger partial charge is 0.493 e. The molecule has 1 fully saturated rings. The third-order valence-electron chi connectivity index (χ3n) is 5.35. The van der Waals surface area contributed by atoms with Crippen LogP contribution in [0.5, 0.6) is 5.75 Å². The number of carbonyl (C=O) groups is 2. The van der Waals surface area contributed by atoms with Gasteiger partial charge in [0.15, 0.2) is 0 Å². The number of ether oxygens (including phenoxy) is 1. The maximum Gasteiger partial charge on any atom is 0.293 e. The highest BCUT2D eigenvalue weighted by Gasteiger charge is 2.36. The van der Waals surface area contributed by atoms with Crippen LogP contribution >= 0.6 is 11.8 Å². The molecule has 0 atom stereocenters. The predicted molar refractivity (Wildman–Crippen MR) is 129 cm³/mol. The summed E-state index contributed by atoms with van der Waals surface area (Å²) in [7, 11) is 0. The molecule has 7 nitrogen and oxygen atoms in total. The summed E-state index contributed by atoms with van der Waals surface area (Å²) in [5.41, 5.74) is 0.918. The van der Waals surface area contributed by atoms with Crippen LogP contribution in [-0.2, 0) is 11.3 Å². The normalized spacial score (nSPS) is 14.9. The van der Waals surface area contributed by atoms with E-state index in [0.29, 0.717) is 17.9 Å². The van der Waals surface area contributed by atoms with Crippen molar-refractivity contribution in [2.24, 2.45) is 0 Å². The number of unbranched alkanes of at least 4 members (excludes halogenated alkanes) is 1. The molecule has 0 N–H and O–H groups in total. The van der Waals surface area contributed by atoms with Crippen LogP contribution in [0.1, 0.15) is 30.9 Å². The predicted octanol–water partition coefficient (Wildman–Crippen LogP) is 6.16. The summed E-state index contributed by atoms with van der Waals surface area (Å²) in [5.74, 6) is 0.170. The number of benzene rings is 3. The van der Waals surface area contributed by atoms with Gasteiger partial charge in [0.25, 0.3) is 16.8 Å². The van der Waals surface area contributed by atoms with Crippen molar-refractivity contribution in [3.05, 3.63) is 86.8 Å². The Balaban J connectivity index is 1.69. The topological polar surface area (TPSA) is 89.8 Å². The first-order valence-electron chi connectivity index (χ1n) is 10.6. The van der Waals surface area contributed by atoms with E-state index < -0.39 is 16.1 Å². The lowest BCUT2D eigenvalue weighted by Crippen LogP contribution is -2.27. The maximum atomic E-state index is 13.1. The molecule has 1 saturated heterocycles. The van der Waals surface area contributed by atoms with Crippen LogP contribution in [-0.4, -0.2) is 27.6 Å². The van der Waals surface area contributed by atoms with Crippen molar-refractivity contribution in [3.63, 3.8) is 0 Å². The van der Waals surface area contributed by atoms with Crippen LogP contribution < -0.4 is 4.74 Å². The molecule has 8 heteroatoms. The zero-order valence-electron chi connectivity index (χ0n) is 18.0. The number of fused-ring (bicyclic) bond motifs is 1. The number of nitrogens with zero attached hydrogens (tertiary/aromatic N) is 2. The molecule has 0 unspecified atom stereocenters. The van der Waals surface area contributed by atoms with Crippen molar-refractivity contribution in [1.82, 2.24) is 4.90 Å². The zero-order chi connectivity index (χ0) is 23.4. The fourth-order valence-corrected chi connectivity index (χ4v) is 4.46. The summed E-state index contributed by atoms with van der Waals surface area (Å²) in [6.45, 7) is 2.47. The number of hydrogen-bond acceptors (Lipinski definition) is 6. The summed E-state index contributed by atoms with van der Waals surface area (Å²) in [4.78, 5) is 37.9. The Hall–Kier alpha value is -3.65. The van der Waals surface area contributed by atoms with Crippen LogP contribution in [0.25, 0.3) is 16.8 Å². The first kappa shape index (κ1) is 22.5. The van der Waals surface area contributed by atoms with E-state index in [-0.39, 0.29) is 17.1 Å². The third-order valence-corrected chi connectivity index (χ3v) is 6.26. The minimum Gasteiger partial charge on any atom is -0.493 e. The quantitative estimate of drug-likeness (QED) is 0.172. The Labute approximate surface area is 195 Å². The van der Waals surface area contributed by atoms with Gasteiger partial charge in [0, 0.05) is 17.2 Å². The van der Waals surface area contributed by atoms with Crippen molar-refractivity contribution < 1.29 is 19.2 Å². The van der Waals surface area contributed by atoms with Gasteiger partial charge in [0.2, 0.25) is 0 Å². The molecule has 3 aromatic rings. The van der Waals surface area contributed by atoms with Gasteiger partial charge in [0.05, 0.1) is 23.0 Å². The number of para-hydroxylation sites is 1. The third kappa shape index (κ3) is 4.75. The molecule has 2 amide bonds. The summed E-state index contributed by atoms with van der Waals surface area (Å²) < 4.78 is 5.98. The van der Waals surface area contributed by atoms with Crippen LogP contribution in [0.4, 0.5) is 10.5 Å². The lowest BCUT2D eigenvalue weighted by atomic mass is 10.0. The van der Waals surface area contributed by atoms with Crippen LogP contribution in [0.15, 0.2) is 65.6 Å². The van der Waals surface area contributed by atoms with E-state index in [9.17, 15) is 19.7 Å². The van der Waals surface area contributed by atoms with Crippen LogP contribution in [0, 0.1) is 10.1 Å². The molecule has 33 heavy (non-hydrogen) atoms. The molecule has 0 aromatic heterocycles. The standard InChI is InChI=1S/C25H22N2O5S/c1-2-3-14-32-22-13-12-17-8-4-6-10-19(17)20(22)15-23-24(28)26(25(29)33-23)16-18-9-5-7-11-21(18)27(30)31/h4-13,15H,2-3,14,16H2,1H3/b23-15-. The first-order chi connectivity index (χ1) is 16.0. The second-order valence-corrected chi connectivity index (χ2v) is 8.55. The number of hydrogen-bond donors (Lipinski definition) is 0. The minimum absolute atomic E-state index is 0.124. The van der Waals surface area contributed by atoms with Crippen molar-refractivity contribution in [1.29, 1.82) is 0 Å². The highest BCUT2D eigenvalue weighted by atomic mass is 32.2. The number of amides is 2. The van der Waals surface area contributed by atoms with E-state index in [1.807, 2.05) is 36.4 Å². The molecule has 1 aliphatic rings. The Morgan fingerprint density at radius 3 is 2.61 bits per heavy atom. The number of imide groups is 1. The fourth-order valence-electron chi connectivity index (χ4n) is 3.64. The zero-order valence-corrected chi connectivity index (χ0v) is 18.8. The lowest BCUT2D eigenvalue weighted by molar-refractivity contribution is -0.385. The number of rotatable bonds is 8. The Bertz CT molecular complexity index is 1270. The number of nitro benzene ring substituents is 1. The van der Waals surface area contributed by atoms with Gasteiger partial charge in [-0.1, -0.05) is 61.9 Å². The smallest absolute Gasteiger partial charge is 0.293 e. The SMILES string of the molecule is CCCCOc1ccc2ccccc2c1/C=C1\SC(=O)N(Cc2ccccc2[N+](=O)[O-])C1=O. The number of carbonyl (C=O) groups excluding carboxylic acids is 2. The fraction of sp³-hybridized carbons (Fsp3) is 0.200. The molecule has 1 heterocycles. The molecule has 0 radical (unpaired) electrons. The van der Waals surface area contributed by atoms with Gasteiger partial charge in [-0.2, -0.15) is 0 Å². The number of thioether (sulfide) groups is 1. The van der Waals surface area contributed by atoms with E-state index in [0.717, 1.165) is 45.8 Å². The van der Waals surface area contributed by atoms with E-state index in [1.54, 1.807) is 24.3 Å². The Morgan fingerprint density at radius 1 is 1.06 bits per heavy atom. The molecular weight excluding hydrogens is 440 g/mol. The van der Waals surface area contributed by atoms with Gasteiger partial charge < -0.3 is 4.74 Å². The Kier molecular flexibility index (Phi) is 6.74. The average molecular weight is 463 g/mol. The first-order valence-corrected chi connectivity index (χ1v) is 11.4. The second-order valence-electron chi connectivity index (χ2n) is 7.55. The minimum atomic E-state index is -0.514. The van der Waals surface area contributed by atoms with Gasteiger partial charge in [-0.15, -0.1) is 0 Å². The molecule has 1 aliphatic heterocycles. The van der Waals surface area contributed by atoms with Gasteiger partial charge in [-0.3, -0.25) is 24.6 Å². The van der Waals surface area contributed by atoms with Gasteiger partial charge in [0.1, 0.15) is 5.75 Å². The van der Waals surface area contributed by atoms with E-state index in [1.165, 1.54) is 6.07 Å². The molecule has 168 valence electrons. The van der Waals surface area contributed by atoms with Gasteiger partial charge >= 0.3 is 0 Å². The highest BCUT2D eigenvalue weighted by Crippen LogP contribution is 2.38. The van der Waals surface area contributed by atoms with Crippen molar-refractivity contribution in [3.8, 4) is 5.75 Å². The van der Waals surface area contributed by atoms with Crippen LogP contribution in [0.2, 0.25) is 0 Å². The van der Waals surface area contributed by atoms with Gasteiger partial charge in [-0.25, -0.2) is 0 Å². The molecule has 0 spiro atoms. The maximum absolute atomic E-state index is 13.1. The van der Waals surface area contributed by atoms with E-state index in [2.05, 4.69) is 6.92 Å². The van der Waals surface area contributed by atoms with Crippen LogP contribution in [0.3, 0.4) is 0 Å². The summed E-state index contributed by atoms with van der Waals surface area (Å²) in [6.07, 6.45) is 3.58. The summed E-state index contributed by atoms with van der Waals surface area (Å²) in [6, 6.07) is 17.7. The molecule has 4 rings (SSSR count). The summed E-state index contributed by atoms with van der Waals surface area (Å²) in [5, 5.41) is 12.8. The average Bonchev–Trinajstić information content (AvgIpc) is 3.08. The van der Waals surface area contributed by atoms with E-state index in [4.69, 9.17) is 4.74 Å². The number of nitro groups is 1.